The average molecular weight is 486 g/mol. The highest BCUT2D eigenvalue weighted by atomic mass is 127. The molecule has 7 nitrogen and oxygen atoms in total. The van der Waals surface area contributed by atoms with Crippen LogP contribution < -0.4 is 16.0 Å². The molecule has 0 unspecified atom stereocenters. The molecule has 0 fully saturated rings. The van der Waals surface area contributed by atoms with Crippen molar-refractivity contribution in [3.05, 3.63) is 30.1 Å². The number of hydrogen-bond donors (Lipinski definition) is 3. The summed E-state index contributed by atoms with van der Waals surface area (Å²) in [5.41, 5.74) is 2.20. The van der Waals surface area contributed by atoms with Crippen LogP contribution in [0, 0.1) is 6.92 Å². The van der Waals surface area contributed by atoms with E-state index in [0.717, 1.165) is 49.3 Å². The van der Waals surface area contributed by atoms with Crippen LogP contribution in [0.15, 0.2) is 29.3 Å². The topological polar surface area (TPSA) is 83.3 Å². The van der Waals surface area contributed by atoms with Gasteiger partial charge in [-0.25, -0.2) is 9.98 Å². The summed E-state index contributed by atoms with van der Waals surface area (Å²) < 4.78 is 2.24. The Hall–Kier alpha value is -1.84. The van der Waals surface area contributed by atoms with Gasteiger partial charge in [0, 0.05) is 26.2 Å². The number of hydrogen-bond acceptors (Lipinski definition) is 3. The van der Waals surface area contributed by atoms with Crippen molar-refractivity contribution in [1.82, 2.24) is 25.5 Å². The number of nitrogens with one attached hydrogen (secondary N) is 3. The first-order valence-electron chi connectivity index (χ1n) is 9.36. The highest BCUT2D eigenvalue weighted by Gasteiger charge is 2.06. The van der Waals surface area contributed by atoms with Crippen LogP contribution in [0.5, 0.6) is 0 Å². The second kappa shape index (κ2) is 12.5. The highest BCUT2D eigenvalue weighted by molar-refractivity contribution is 14.0. The molecule has 0 aliphatic heterocycles. The van der Waals surface area contributed by atoms with E-state index in [1.165, 1.54) is 0 Å². The first-order valence-corrected chi connectivity index (χ1v) is 9.36. The summed E-state index contributed by atoms with van der Waals surface area (Å²) in [5.74, 6) is 1.65. The summed E-state index contributed by atoms with van der Waals surface area (Å²) in [6, 6.07) is 8.19. The van der Waals surface area contributed by atoms with E-state index in [1.54, 1.807) is 0 Å². The molecule has 3 N–H and O–H groups in total. The number of nitrogens with zero attached hydrogens (tertiary/aromatic N) is 3. The molecule has 0 aliphatic rings. The number of carbonyl (C=O) groups excluding carboxylic acids is 1. The van der Waals surface area contributed by atoms with Gasteiger partial charge in [-0.3, -0.25) is 4.79 Å². The predicted octanol–water partition coefficient (Wildman–Crippen LogP) is 2.43. The van der Waals surface area contributed by atoms with Crippen LogP contribution in [0.4, 0.5) is 0 Å². The second-order valence-corrected chi connectivity index (χ2v) is 6.12. The summed E-state index contributed by atoms with van der Waals surface area (Å²) in [4.78, 5) is 20.6. The van der Waals surface area contributed by atoms with E-state index in [1.807, 2.05) is 39.0 Å². The van der Waals surface area contributed by atoms with Crippen LogP contribution in [0.25, 0.3) is 11.0 Å². The van der Waals surface area contributed by atoms with Crippen LogP contribution in [0.1, 0.15) is 32.5 Å². The maximum absolute atomic E-state index is 11.7. The number of rotatable bonds is 9. The van der Waals surface area contributed by atoms with Crippen LogP contribution >= 0.6 is 24.0 Å². The number of aromatic nitrogens is 2. The summed E-state index contributed by atoms with van der Waals surface area (Å²) in [5, 5.41) is 9.28. The van der Waals surface area contributed by atoms with Gasteiger partial charge in [-0.2, -0.15) is 0 Å². The van der Waals surface area contributed by atoms with Gasteiger partial charge >= 0.3 is 0 Å². The molecule has 2 aromatic rings. The summed E-state index contributed by atoms with van der Waals surface area (Å²) in [7, 11) is 0. The number of para-hydroxylation sites is 2. The molecule has 2 rings (SSSR count). The van der Waals surface area contributed by atoms with E-state index < -0.39 is 0 Å². The van der Waals surface area contributed by atoms with Gasteiger partial charge in [-0.15, -0.1) is 24.0 Å². The number of benzene rings is 1. The number of halogens is 1. The SMILES string of the molecule is CCCNC(=O)CN=C(NCC)NCCCn1c(C)nc2ccccc21.I. The van der Waals surface area contributed by atoms with Gasteiger partial charge in [0.1, 0.15) is 12.4 Å². The Labute approximate surface area is 178 Å². The van der Waals surface area contributed by atoms with E-state index in [9.17, 15) is 4.79 Å². The van der Waals surface area contributed by atoms with Gasteiger partial charge < -0.3 is 20.5 Å². The molecule has 1 heterocycles. The van der Waals surface area contributed by atoms with Crippen LogP contribution in [0.3, 0.4) is 0 Å². The Morgan fingerprint density at radius 1 is 1.15 bits per heavy atom. The Kier molecular flexibility index (Phi) is 10.8. The van der Waals surface area contributed by atoms with Gasteiger partial charge in [0.05, 0.1) is 11.0 Å². The molecule has 0 aliphatic carbocycles. The number of fused-ring (bicyclic) bond motifs is 1. The van der Waals surface area contributed by atoms with Gasteiger partial charge in [0.25, 0.3) is 0 Å². The molecule has 150 valence electrons. The minimum atomic E-state index is -0.0513. The lowest BCUT2D eigenvalue weighted by Gasteiger charge is -2.12. The molecular formula is C19H31IN6O. The Balaban J connectivity index is 0.00000364. The van der Waals surface area contributed by atoms with Crippen LogP contribution in [-0.2, 0) is 11.3 Å². The Bertz CT molecular complexity index is 743. The minimum Gasteiger partial charge on any atom is -0.357 e. The van der Waals surface area contributed by atoms with Crippen molar-refractivity contribution in [3.63, 3.8) is 0 Å². The van der Waals surface area contributed by atoms with E-state index in [0.29, 0.717) is 12.5 Å². The monoisotopic (exact) mass is 486 g/mol. The minimum absolute atomic E-state index is 0. The van der Waals surface area contributed by atoms with E-state index in [2.05, 4.69) is 36.6 Å². The number of aryl methyl sites for hydroxylation is 2. The van der Waals surface area contributed by atoms with Gasteiger partial charge in [-0.05, 0) is 38.8 Å². The van der Waals surface area contributed by atoms with Crippen LogP contribution in [-0.4, -0.2) is 47.6 Å². The number of aliphatic imine (C=N–C) groups is 1. The lowest BCUT2D eigenvalue weighted by Crippen LogP contribution is -2.39. The molecular weight excluding hydrogens is 455 g/mol. The first-order chi connectivity index (χ1) is 12.7. The third-order valence-electron chi connectivity index (χ3n) is 3.99. The van der Waals surface area contributed by atoms with Crippen molar-refractivity contribution in [3.8, 4) is 0 Å². The number of guanidine groups is 1. The number of carbonyl (C=O) groups is 1. The lowest BCUT2D eigenvalue weighted by atomic mass is 10.3. The second-order valence-electron chi connectivity index (χ2n) is 6.12. The number of imidazole rings is 1. The summed E-state index contributed by atoms with van der Waals surface area (Å²) >= 11 is 0. The zero-order valence-electron chi connectivity index (χ0n) is 16.4. The van der Waals surface area contributed by atoms with E-state index in [-0.39, 0.29) is 36.4 Å². The van der Waals surface area contributed by atoms with Gasteiger partial charge in [-0.1, -0.05) is 19.1 Å². The fraction of sp³-hybridized carbons (Fsp3) is 0.526. The van der Waals surface area contributed by atoms with Gasteiger partial charge in [0.15, 0.2) is 5.96 Å². The van der Waals surface area contributed by atoms with Gasteiger partial charge in [0.2, 0.25) is 5.91 Å². The van der Waals surface area contributed by atoms with Crippen molar-refractivity contribution in [2.45, 2.75) is 40.2 Å². The van der Waals surface area contributed by atoms with Crippen molar-refractivity contribution in [1.29, 1.82) is 0 Å². The molecule has 27 heavy (non-hydrogen) atoms. The highest BCUT2D eigenvalue weighted by Crippen LogP contribution is 2.15. The zero-order chi connectivity index (χ0) is 18.8. The summed E-state index contributed by atoms with van der Waals surface area (Å²) in [6.07, 6.45) is 1.86. The molecule has 0 atom stereocenters. The molecule has 0 saturated carbocycles. The third-order valence-corrected chi connectivity index (χ3v) is 3.99. The lowest BCUT2D eigenvalue weighted by molar-refractivity contribution is -0.119. The van der Waals surface area contributed by atoms with Crippen molar-refractivity contribution < 1.29 is 4.79 Å². The molecule has 0 radical (unpaired) electrons. The molecule has 0 spiro atoms. The molecule has 1 aromatic heterocycles. The zero-order valence-corrected chi connectivity index (χ0v) is 18.7. The van der Waals surface area contributed by atoms with Crippen LogP contribution in [0.2, 0.25) is 0 Å². The quantitative estimate of drug-likeness (QED) is 0.220. The fourth-order valence-corrected chi connectivity index (χ4v) is 2.74. The molecule has 1 amide bonds. The van der Waals surface area contributed by atoms with Crippen molar-refractivity contribution in [2.75, 3.05) is 26.2 Å². The van der Waals surface area contributed by atoms with E-state index >= 15 is 0 Å². The molecule has 1 aromatic carbocycles. The number of amides is 1. The first kappa shape index (κ1) is 23.2. The summed E-state index contributed by atoms with van der Waals surface area (Å²) in [6.45, 7) is 9.32. The molecule has 0 saturated heterocycles. The smallest absolute Gasteiger partial charge is 0.241 e. The standard InChI is InChI=1S/C19H30N6O.HI/c1-4-11-21-18(26)14-23-19(20-5-2)22-12-8-13-25-15(3)24-16-9-6-7-10-17(16)25;/h6-7,9-10H,4-5,8,11-14H2,1-3H3,(H,21,26)(H2,20,22,23);1H. The predicted molar refractivity (Wildman–Crippen MR) is 122 cm³/mol. The van der Waals surface area contributed by atoms with Crippen molar-refractivity contribution >= 4 is 46.9 Å². The average Bonchev–Trinajstić information content (AvgIpc) is 2.96. The largest absolute Gasteiger partial charge is 0.357 e. The maximum Gasteiger partial charge on any atom is 0.241 e. The normalized spacial score (nSPS) is 11.1. The fourth-order valence-electron chi connectivity index (χ4n) is 2.74. The van der Waals surface area contributed by atoms with Crippen molar-refractivity contribution in [2.24, 2.45) is 4.99 Å². The molecule has 0 bridgehead atoms. The maximum atomic E-state index is 11.7. The van der Waals surface area contributed by atoms with E-state index in [4.69, 9.17) is 0 Å². The Morgan fingerprint density at radius 2 is 1.93 bits per heavy atom. The molecule has 8 heteroatoms. The third kappa shape index (κ3) is 7.36. The Morgan fingerprint density at radius 3 is 2.67 bits per heavy atom.